The molecule has 3 aromatic rings. The first-order valence-electron chi connectivity index (χ1n) is 8.41. The average molecular weight is 336 g/mol. The molecule has 0 saturated carbocycles. The number of aromatic nitrogens is 3. The van der Waals surface area contributed by atoms with Crippen LogP contribution in [0.2, 0.25) is 0 Å². The second kappa shape index (κ2) is 6.64. The third-order valence-electron chi connectivity index (χ3n) is 4.63. The topological polar surface area (TPSA) is 60.2 Å². The molecule has 1 aliphatic rings. The van der Waals surface area contributed by atoms with E-state index in [4.69, 9.17) is 4.74 Å². The Morgan fingerprint density at radius 2 is 2.20 bits per heavy atom. The van der Waals surface area contributed by atoms with E-state index in [1.54, 1.807) is 17.1 Å². The highest BCUT2D eigenvalue weighted by atomic mass is 16.5. The Morgan fingerprint density at radius 3 is 3.04 bits per heavy atom. The largest absolute Gasteiger partial charge is 0.368 e. The normalized spacial score (nSPS) is 17.8. The molecule has 0 N–H and O–H groups in total. The van der Waals surface area contributed by atoms with Gasteiger partial charge in [-0.05, 0) is 23.8 Å². The zero-order valence-electron chi connectivity index (χ0n) is 14.1. The van der Waals surface area contributed by atoms with Crippen molar-refractivity contribution in [2.24, 2.45) is 7.05 Å². The molecule has 0 spiro atoms. The molecule has 3 heterocycles. The summed E-state index contributed by atoms with van der Waals surface area (Å²) in [5.41, 5.74) is 2.90. The number of pyridine rings is 1. The molecule has 1 aliphatic heterocycles. The van der Waals surface area contributed by atoms with Gasteiger partial charge in [0.15, 0.2) is 0 Å². The second-order valence-electron chi connectivity index (χ2n) is 6.29. The van der Waals surface area contributed by atoms with Crippen LogP contribution in [0.5, 0.6) is 0 Å². The number of benzene rings is 1. The summed E-state index contributed by atoms with van der Waals surface area (Å²) in [5.74, 6) is 0.116. The van der Waals surface area contributed by atoms with Gasteiger partial charge in [0, 0.05) is 31.4 Å². The molecule has 1 saturated heterocycles. The molecular weight excluding hydrogens is 316 g/mol. The molecule has 1 amide bonds. The van der Waals surface area contributed by atoms with E-state index in [9.17, 15) is 4.79 Å². The number of morpholine rings is 1. The third kappa shape index (κ3) is 3.25. The van der Waals surface area contributed by atoms with E-state index in [0.717, 1.165) is 22.2 Å². The van der Waals surface area contributed by atoms with Gasteiger partial charge in [-0.3, -0.25) is 14.5 Å². The van der Waals surface area contributed by atoms with Crippen molar-refractivity contribution in [3.8, 4) is 0 Å². The molecule has 1 aromatic carbocycles. The number of nitrogens with zero attached hydrogens (tertiary/aromatic N) is 4. The van der Waals surface area contributed by atoms with Gasteiger partial charge in [-0.2, -0.15) is 5.10 Å². The quantitative estimate of drug-likeness (QED) is 0.735. The predicted octanol–water partition coefficient (Wildman–Crippen LogP) is 2.11. The Labute approximate surface area is 146 Å². The highest BCUT2D eigenvalue weighted by Gasteiger charge is 2.27. The molecule has 6 nitrogen and oxygen atoms in total. The van der Waals surface area contributed by atoms with Crippen molar-refractivity contribution >= 4 is 16.8 Å². The minimum Gasteiger partial charge on any atom is -0.368 e. The van der Waals surface area contributed by atoms with Crippen molar-refractivity contribution in [3.63, 3.8) is 0 Å². The van der Waals surface area contributed by atoms with Gasteiger partial charge in [0.2, 0.25) is 5.91 Å². The molecule has 4 rings (SSSR count). The molecule has 6 heteroatoms. The maximum Gasteiger partial charge on any atom is 0.227 e. The number of fused-ring (bicyclic) bond motifs is 1. The smallest absolute Gasteiger partial charge is 0.227 e. The van der Waals surface area contributed by atoms with E-state index >= 15 is 0 Å². The Morgan fingerprint density at radius 1 is 1.28 bits per heavy atom. The second-order valence-corrected chi connectivity index (χ2v) is 6.29. The molecule has 0 aliphatic carbocycles. The SMILES string of the molecule is Cn1nccc1C1CN(C(=O)Cc2ccc3cccnc3c2)CCO1. The van der Waals surface area contributed by atoms with Crippen LogP contribution in [0.3, 0.4) is 0 Å². The highest BCUT2D eigenvalue weighted by molar-refractivity contribution is 5.83. The van der Waals surface area contributed by atoms with Crippen molar-refractivity contribution in [2.45, 2.75) is 12.5 Å². The lowest BCUT2D eigenvalue weighted by atomic mass is 10.1. The Bertz CT molecular complexity index is 905. The van der Waals surface area contributed by atoms with Crippen molar-refractivity contribution in [1.29, 1.82) is 0 Å². The van der Waals surface area contributed by atoms with Crippen LogP contribution in [0, 0.1) is 0 Å². The van der Waals surface area contributed by atoms with Crippen LogP contribution >= 0.6 is 0 Å². The van der Waals surface area contributed by atoms with Gasteiger partial charge in [0.1, 0.15) is 6.10 Å². The van der Waals surface area contributed by atoms with E-state index in [2.05, 4.69) is 10.1 Å². The summed E-state index contributed by atoms with van der Waals surface area (Å²) in [7, 11) is 1.89. The lowest BCUT2D eigenvalue weighted by Gasteiger charge is -2.33. The Hall–Kier alpha value is -2.73. The van der Waals surface area contributed by atoms with Crippen LogP contribution in [0.15, 0.2) is 48.8 Å². The number of aryl methyl sites for hydroxylation is 1. The molecule has 1 atom stereocenters. The fourth-order valence-electron chi connectivity index (χ4n) is 3.26. The van der Waals surface area contributed by atoms with Crippen LogP contribution in [0.25, 0.3) is 10.9 Å². The zero-order chi connectivity index (χ0) is 17.2. The Balaban J connectivity index is 1.47. The first-order chi connectivity index (χ1) is 12.2. The van der Waals surface area contributed by atoms with Crippen molar-refractivity contribution in [3.05, 3.63) is 60.0 Å². The Kier molecular flexibility index (Phi) is 4.19. The van der Waals surface area contributed by atoms with Gasteiger partial charge in [0.25, 0.3) is 0 Å². The number of amides is 1. The maximum absolute atomic E-state index is 12.7. The van der Waals surface area contributed by atoms with Crippen LogP contribution in [-0.2, 0) is 23.0 Å². The van der Waals surface area contributed by atoms with Crippen LogP contribution in [0.4, 0.5) is 0 Å². The molecule has 0 radical (unpaired) electrons. The van der Waals surface area contributed by atoms with Crippen molar-refractivity contribution in [2.75, 3.05) is 19.7 Å². The molecule has 1 unspecified atom stereocenters. The molecule has 128 valence electrons. The van der Waals surface area contributed by atoms with E-state index in [0.29, 0.717) is 26.1 Å². The minimum absolute atomic E-state index is 0.116. The number of hydrogen-bond acceptors (Lipinski definition) is 4. The number of rotatable bonds is 3. The van der Waals surface area contributed by atoms with E-state index in [1.165, 1.54) is 0 Å². The van der Waals surface area contributed by atoms with Gasteiger partial charge in [-0.25, -0.2) is 0 Å². The summed E-state index contributed by atoms with van der Waals surface area (Å²) in [4.78, 5) is 19.0. The summed E-state index contributed by atoms with van der Waals surface area (Å²) in [6, 6.07) is 11.9. The molecule has 25 heavy (non-hydrogen) atoms. The zero-order valence-corrected chi connectivity index (χ0v) is 14.1. The summed E-state index contributed by atoms with van der Waals surface area (Å²) in [6.45, 7) is 1.73. The lowest BCUT2D eigenvalue weighted by Crippen LogP contribution is -2.43. The third-order valence-corrected chi connectivity index (χ3v) is 4.63. The molecule has 2 aromatic heterocycles. The summed E-state index contributed by atoms with van der Waals surface area (Å²) in [6.07, 6.45) is 3.78. The van der Waals surface area contributed by atoms with E-state index < -0.39 is 0 Å². The average Bonchev–Trinajstić information content (AvgIpc) is 3.08. The first-order valence-corrected chi connectivity index (χ1v) is 8.41. The standard InChI is InChI=1S/C19H20N4O2/c1-22-17(6-8-21-22)18-13-23(9-10-25-18)19(24)12-14-4-5-15-3-2-7-20-16(15)11-14/h2-8,11,18H,9-10,12-13H2,1H3. The molecular formula is C19H20N4O2. The van der Waals surface area contributed by atoms with Gasteiger partial charge in [0.05, 0.1) is 30.8 Å². The summed E-state index contributed by atoms with van der Waals surface area (Å²) in [5, 5.41) is 5.27. The van der Waals surface area contributed by atoms with Gasteiger partial charge in [-0.1, -0.05) is 18.2 Å². The molecule has 0 bridgehead atoms. The first kappa shape index (κ1) is 15.8. The predicted molar refractivity (Wildman–Crippen MR) is 93.9 cm³/mol. The van der Waals surface area contributed by atoms with E-state index in [1.807, 2.05) is 48.3 Å². The lowest BCUT2D eigenvalue weighted by molar-refractivity contribution is -0.138. The van der Waals surface area contributed by atoms with Crippen LogP contribution in [0.1, 0.15) is 17.4 Å². The van der Waals surface area contributed by atoms with Crippen LogP contribution < -0.4 is 0 Å². The highest BCUT2D eigenvalue weighted by Crippen LogP contribution is 2.22. The van der Waals surface area contributed by atoms with Crippen molar-refractivity contribution in [1.82, 2.24) is 19.7 Å². The van der Waals surface area contributed by atoms with E-state index in [-0.39, 0.29) is 12.0 Å². The van der Waals surface area contributed by atoms with Gasteiger partial charge in [-0.15, -0.1) is 0 Å². The minimum atomic E-state index is -0.122. The number of carbonyl (C=O) groups is 1. The number of ether oxygens (including phenoxy) is 1. The summed E-state index contributed by atoms with van der Waals surface area (Å²) < 4.78 is 7.63. The van der Waals surface area contributed by atoms with Gasteiger partial charge < -0.3 is 9.64 Å². The fourth-order valence-corrected chi connectivity index (χ4v) is 3.26. The van der Waals surface area contributed by atoms with Crippen LogP contribution in [-0.4, -0.2) is 45.3 Å². The van der Waals surface area contributed by atoms with Gasteiger partial charge >= 0.3 is 0 Å². The van der Waals surface area contributed by atoms with Crippen molar-refractivity contribution < 1.29 is 9.53 Å². The number of carbonyl (C=O) groups excluding carboxylic acids is 1. The maximum atomic E-state index is 12.7. The fraction of sp³-hybridized carbons (Fsp3) is 0.316. The number of hydrogen-bond donors (Lipinski definition) is 0. The summed E-state index contributed by atoms with van der Waals surface area (Å²) >= 11 is 0. The molecule has 1 fully saturated rings. The monoisotopic (exact) mass is 336 g/mol.